The van der Waals surface area contributed by atoms with E-state index >= 15 is 0 Å². The minimum absolute atomic E-state index is 0.0641. The lowest BCUT2D eigenvalue weighted by molar-refractivity contribution is -0.116. The first-order valence-corrected chi connectivity index (χ1v) is 8.71. The SMILES string of the molecule is CCN(CCC(=O)Nc1ccccc1C(C)C)c1cccc(C)c1. The predicted molar refractivity (Wildman–Crippen MR) is 103 cm³/mol. The first kappa shape index (κ1) is 18.1. The van der Waals surface area contributed by atoms with Gasteiger partial charge in [-0.15, -0.1) is 0 Å². The van der Waals surface area contributed by atoms with Gasteiger partial charge in [-0.1, -0.05) is 44.2 Å². The number of amides is 1. The van der Waals surface area contributed by atoms with E-state index in [2.05, 4.69) is 68.2 Å². The van der Waals surface area contributed by atoms with Gasteiger partial charge < -0.3 is 10.2 Å². The van der Waals surface area contributed by atoms with Crippen molar-refractivity contribution in [2.45, 2.75) is 40.0 Å². The third-order valence-electron chi connectivity index (χ3n) is 4.21. The second-order valence-electron chi connectivity index (χ2n) is 6.46. The number of carbonyl (C=O) groups is 1. The van der Waals surface area contributed by atoms with Crippen LogP contribution in [-0.4, -0.2) is 19.0 Å². The van der Waals surface area contributed by atoms with E-state index in [0.717, 1.165) is 18.8 Å². The molecule has 0 aromatic heterocycles. The molecular formula is C21H28N2O. The van der Waals surface area contributed by atoms with Crippen LogP contribution in [0.15, 0.2) is 48.5 Å². The van der Waals surface area contributed by atoms with Crippen LogP contribution in [0.3, 0.4) is 0 Å². The van der Waals surface area contributed by atoms with Crippen LogP contribution in [0.1, 0.15) is 44.2 Å². The summed E-state index contributed by atoms with van der Waals surface area (Å²) >= 11 is 0. The Balaban J connectivity index is 1.97. The molecule has 0 saturated heterocycles. The van der Waals surface area contributed by atoms with E-state index in [9.17, 15) is 4.79 Å². The highest BCUT2D eigenvalue weighted by Gasteiger charge is 2.11. The molecule has 0 aliphatic rings. The summed E-state index contributed by atoms with van der Waals surface area (Å²) in [6.45, 7) is 10.1. The van der Waals surface area contributed by atoms with Gasteiger partial charge in [0.05, 0.1) is 0 Å². The van der Waals surface area contributed by atoms with Gasteiger partial charge in [-0.3, -0.25) is 4.79 Å². The van der Waals surface area contributed by atoms with Crippen molar-refractivity contribution in [1.82, 2.24) is 0 Å². The molecule has 0 spiro atoms. The largest absolute Gasteiger partial charge is 0.371 e. The molecule has 0 bridgehead atoms. The molecule has 0 atom stereocenters. The Kier molecular flexibility index (Phi) is 6.42. The Morgan fingerprint density at radius 3 is 2.54 bits per heavy atom. The minimum atomic E-state index is 0.0641. The molecule has 3 heteroatoms. The molecule has 2 aromatic carbocycles. The van der Waals surface area contributed by atoms with Gasteiger partial charge in [-0.05, 0) is 49.1 Å². The van der Waals surface area contributed by atoms with E-state index in [0.29, 0.717) is 12.3 Å². The quantitative estimate of drug-likeness (QED) is 0.779. The van der Waals surface area contributed by atoms with Gasteiger partial charge in [0.15, 0.2) is 0 Å². The summed E-state index contributed by atoms with van der Waals surface area (Å²) in [6, 6.07) is 16.4. The molecule has 0 radical (unpaired) electrons. The second-order valence-corrected chi connectivity index (χ2v) is 6.46. The Morgan fingerprint density at radius 1 is 1.12 bits per heavy atom. The number of hydrogen-bond acceptors (Lipinski definition) is 2. The highest BCUT2D eigenvalue weighted by Crippen LogP contribution is 2.24. The summed E-state index contributed by atoms with van der Waals surface area (Å²) in [5, 5.41) is 3.07. The molecule has 1 amide bonds. The van der Waals surface area contributed by atoms with Crippen LogP contribution in [0.25, 0.3) is 0 Å². The molecule has 24 heavy (non-hydrogen) atoms. The number of rotatable bonds is 7. The number of nitrogens with one attached hydrogen (secondary N) is 1. The van der Waals surface area contributed by atoms with E-state index in [1.54, 1.807) is 0 Å². The highest BCUT2D eigenvalue weighted by molar-refractivity contribution is 5.91. The maximum atomic E-state index is 12.4. The van der Waals surface area contributed by atoms with Crippen molar-refractivity contribution >= 4 is 17.3 Å². The van der Waals surface area contributed by atoms with Crippen molar-refractivity contribution < 1.29 is 4.79 Å². The topological polar surface area (TPSA) is 32.3 Å². The summed E-state index contributed by atoms with van der Waals surface area (Å²) in [4.78, 5) is 14.6. The van der Waals surface area contributed by atoms with E-state index in [4.69, 9.17) is 0 Å². The number of carbonyl (C=O) groups excluding carboxylic acids is 1. The standard InChI is InChI=1S/C21H28N2O/c1-5-23(18-10-8-9-17(4)15-18)14-13-21(24)22-20-12-7-6-11-19(20)16(2)3/h6-12,15-16H,5,13-14H2,1-4H3,(H,22,24). The van der Waals surface area contributed by atoms with Gasteiger partial charge in [0.2, 0.25) is 5.91 Å². The number of aryl methyl sites for hydroxylation is 1. The van der Waals surface area contributed by atoms with Crippen LogP contribution in [-0.2, 0) is 4.79 Å². The number of anilines is 2. The second kappa shape index (κ2) is 8.53. The highest BCUT2D eigenvalue weighted by atomic mass is 16.1. The van der Waals surface area contributed by atoms with Crippen molar-refractivity contribution in [3.8, 4) is 0 Å². The van der Waals surface area contributed by atoms with Crippen molar-refractivity contribution in [2.75, 3.05) is 23.3 Å². The average Bonchev–Trinajstić information content (AvgIpc) is 2.56. The monoisotopic (exact) mass is 324 g/mol. The van der Waals surface area contributed by atoms with E-state index in [1.807, 2.05) is 18.2 Å². The number of para-hydroxylation sites is 1. The molecule has 2 aromatic rings. The summed E-state index contributed by atoms with van der Waals surface area (Å²) in [5.41, 5.74) is 4.52. The van der Waals surface area contributed by atoms with Gasteiger partial charge in [0.1, 0.15) is 0 Å². The van der Waals surface area contributed by atoms with E-state index < -0.39 is 0 Å². The first-order valence-electron chi connectivity index (χ1n) is 8.71. The summed E-state index contributed by atoms with van der Waals surface area (Å²) < 4.78 is 0. The fourth-order valence-corrected chi connectivity index (χ4v) is 2.86. The van der Waals surface area contributed by atoms with Gasteiger partial charge >= 0.3 is 0 Å². The van der Waals surface area contributed by atoms with Crippen molar-refractivity contribution in [3.05, 3.63) is 59.7 Å². The lowest BCUT2D eigenvalue weighted by Crippen LogP contribution is -2.27. The Hall–Kier alpha value is -2.29. The molecule has 0 aliphatic carbocycles. The fraction of sp³-hybridized carbons (Fsp3) is 0.381. The normalized spacial score (nSPS) is 10.7. The fourth-order valence-electron chi connectivity index (χ4n) is 2.86. The molecule has 2 rings (SSSR count). The summed E-state index contributed by atoms with van der Waals surface area (Å²) in [7, 11) is 0. The lowest BCUT2D eigenvalue weighted by atomic mass is 10.0. The molecule has 1 N–H and O–H groups in total. The maximum absolute atomic E-state index is 12.4. The van der Waals surface area contributed by atoms with Crippen molar-refractivity contribution in [1.29, 1.82) is 0 Å². The van der Waals surface area contributed by atoms with Crippen LogP contribution in [0, 0.1) is 6.92 Å². The third-order valence-corrected chi connectivity index (χ3v) is 4.21. The molecule has 0 aliphatic heterocycles. The van der Waals surface area contributed by atoms with Crippen LogP contribution in [0.5, 0.6) is 0 Å². The third kappa shape index (κ3) is 4.85. The predicted octanol–water partition coefficient (Wildman–Crippen LogP) is 4.97. The maximum Gasteiger partial charge on any atom is 0.226 e. The molecular weight excluding hydrogens is 296 g/mol. The van der Waals surface area contributed by atoms with Gasteiger partial charge in [-0.25, -0.2) is 0 Å². The van der Waals surface area contributed by atoms with Crippen LogP contribution in [0.2, 0.25) is 0 Å². The Morgan fingerprint density at radius 2 is 1.88 bits per heavy atom. The van der Waals surface area contributed by atoms with Gasteiger partial charge in [0.25, 0.3) is 0 Å². The zero-order valence-electron chi connectivity index (χ0n) is 15.2. The molecule has 0 heterocycles. The Bertz CT molecular complexity index is 679. The number of hydrogen-bond donors (Lipinski definition) is 1. The van der Waals surface area contributed by atoms with Crippen LogP contribution in [0.4, 0.5) is 11.4 Å². The lowest BCUT2D eigenvalue weighted by Gasteiger charge is -2.23. The van der Waals surface area contributed by atoms with Crippen molar-refractivity contribution in [3.63, 3.8) is 0 Å². The zero-order chi connectivity index (χ0) is 17.5. The minimum Gasteiger partial charge on any atom is -0.371 e. The smallest absolute Gasteiger partial charge is 0.226 e. The Labute approximate surface area is 145 Å². The van der Waals surface area contributed by atoms with Gasteiger partial charge in [0, 0.05) is 30.9 Å². The molecule has 3 nitrogen and oxygen atoms in total. The number of nitrogens with zero attached hydrogens (tertiary/aromatic N) is 1. The van der Waals surface area contributed by atoms with Gasteiger partial charge in [-0.2, -0.15) is 0 Å². The van der Waals surface area contributed by atoms with E-state index in [1.165, 1.54) is 16.8 Å². The van der Waals surface area contributed by atoms with Crippen LogP contribution >= 0.6 is 0 Å². The summed E-state index contributed by atoms with van der Waals surface area (Å²) in [5.74, 6) is 0.454. The molecule has 0 fully saturated rings. The summed E-state index contributed by atoms with van der Waals surface area (Å²) in [6.07, 6.45) is 0.480. The molecule has 0 unspecified atom stereocenters. The first-order chi connectivity index (χ1) is 11.5. The molecule has 128 valence electrons. The van der Waals surface area contributed by atoms with Crippen molar-refractivity contribution in [2.24, 2.45) is 0 Å². The zero-order valence-corrected chi connectivity index (χ0v) is 15.2. The van der Waals surface area contributed by atoms with E-state index in [-0.39, 0.29) is 5.91 Å². The molecule has 0 saturated carbocycles. The number of benzene rings is 2. The average molecular weight is 324 g/mol. The van der Waals surface area contributed by atoms with Crippen LogP contribution < -0.4 is 10.2 Å².